The molecule has 9 heteroatoms. The largest absolute Gasteiger partial charge is 0.342 e. The number of rotatable bonds is 5. The van der Waals surface area contributed by atoms with Crippen LogP contribution in [0, 0.1) is 5.82 Å². The van der Waals surface area contributed by atoms with E-state index < -0.39 is 17.6 Å². The molecule has 0 fully saturated rings. The lowest BCUT2D eigenvalue weighted by Gasteiger charge is -2.08. The molecule has 0 saturated heterocycles. The first kappa shape index (κ1) is 17.2. The van der Waals surface area contributed by atoms with Crippen molar-refractivity contribution in [3.8, 4) is 0 Å². The summed E-state index contributed by atoms with van der Waals surface area (Å²) in [5.74, 6) is -1.74. The molecule has 6 nitrogen and oxygen atoms in total. The maximum absolute atomic E-state index is 13.4. The van der Waals surface area contributed by atoms with Crippen molar-refractivity contribution in [1.29, 1.82) is 0 Å². The average Bonchev–Trinajstić information content (AvgIpc) is 2.55. The molecule has 1 heterocycles. The second-order valence-corrected chi connectivity index (χ2v) is 5.44. The molecule has 0 aliphatic rings. The van der Waals surface area contributed by atoms with Gasteiger partial charge in [-0.3, -0.25) is 9.59 Å². The second-order valence-electron chi connectivity index (χ2n) is 4.26. The molecule has 0 aliphatic heterocycles. The highest BCUT2D eigenvalue weighted by molar-refractivity contribution is 7.98. The van der Waals surface area contributed by atoms with Crippen LogP contribution in [0.25, 0.3) is 0 Å². The van der Waals surface area contributed by atoms with Crippen LogP contribution in [0.2, 0.25) is 5.02 Å². The molecule has 0 unspecified atom stereocenters. The lowest BCUT2D eigenvalue weighted by Crippen LogP contribution is -2.33. The van der Waals surface area contributed by atoms with Gasteiger partial charge in [0.1, 0.15) is 5.82 Å². The lowest BCUT2D eigenvalue weighted by molar-refractivity contribution is -0.115. The van der Waals surface area contributed by atoms with E-state index in [1.807, 2.05) is 0 Å². The molecule has 1 aromatic heterocycles. The van der Waals surface area contributed by atoms with Gasteiger partial charge in [0.25, 0.3) is 5.91 Å². The zero-order chi connectivity index (χ0) is 16.8. The summed E-state index contributed by atoms with van der Waals surface area (Å²) >= 11 is 7.12. The summed E-state index contributed by atoms with van der Waals surface area (Å²) < 4.78 is 13.4. The number of benzene rings is 1. The zero-order valence-corrected chi connectivity index (χ0v) is 13.5. The fourth-order valence-corrected chi connectivity index (χ4v) is 2.13. The van der Waals surface area contributed by atoms with E-state index in [4.69, 9.17) is 11.6 Å². The molecule has 2 N–H and O–H groups in total. The normalized spacial score (nSPS) is 10.2. The predicted octanol–water partition coefficient (Wildman–Crippen LogP) is 2.36. The van der Waals surface area contributed by atoms with E-state index in [2.05, 4.69) is 20.6 Å². The molecule has 120 valence electrons. The molecule has 0 aliphatic carbocycles. The van der Waals surface area contributed by atoms with Crippen molar-refractivity contribution in [2.45, 2.75) is 5.16 Å². The van der Waals surface area contributed by atoms with Crippen molar-refractivity contribution in [1.82, 2.24) is 15.3 Å². The Balaban J connectivity index is 1.96. The summed E-state index contributed by atoms with van der Waals surface area (Å²) in [5.41, 5.74) is 0.0150. The molecule has 2 aromatic rings. The van der Waals surface area contributed by atoms with E-state index in [9.17, 15) is 14.0 Å². The third-order valence-electron chi connectivity index (χ3n) is 2.68. The van der Waals surface area contributed by atoms with Gasteiger partial charge in [0.05, 0.1) is 23.5 Å². The topological polar surface area (TPSA) is 84.0 Å². The Morgan fingerprint density at radius 1 is 1.35 bits per heavy atom. The monoisotopic (exact) mass is 354 g/mol. The van der Waals surface area contributed by atoms with Gasteiger partial charge in [-0.15, -0.1) is 0 Å². The van der Waals surface area contributed by atoms with Crippen LogP contribution in [-0.4, -0.2) is 34.6 Å². The molecule has 0 radical (unpaired) electrons. The molecule has 23 heavy (non-hydrogen) atoms. The summed E-state index contributed by atoms with van der Waals surface area (Å²) in [5, 5.41) is 5.19. The van der Waals surface area contributed by atoms with Gasteiger partial charge in [0.2, 0.25) is 5.91 Å². The van der Waals surface area contributed by atoms with Crippen LogP contribution in [-0.2, 0) is 4.79 Å². The third kappa shape index (κ3) is 4.64. The molecular weight excluding hydrogens is 343 g/mol. The van der Waals surface area contributed by atoms with Gasteiger partial charge < -0.3 is 10.6 Å². The highest BCUT2D eigenvalue weighted by Gasteiger charge is 2.15. The van der Waals surface area contributed by atoms with E-state index in [-0.39, 0.29) is 22.9 Å². The van der Waals surface area contributed by atoms with Crippen molar-refractivity contribution in [2.24, 2.45) is 0 Å². The molecule has 1 aromatic carbocycles. The number of amides is 2. The Labute approximate surface area is 140 Å². The van der Waals surface area contributed by atoms with Gasteiger partial charge in [-0.2, -0.15) is 0 Å². The smallest absolute Gasteiger partial charge is 0.272 e. The fraction of sp³-hybridized carbons (Fsp3) is 0.143. The Morgan fingerprint density at radius 3 is 2.78 bits per heavy atom. The number of para-hydroxylation sites is 1. The fourth-order valence-electron chi connectivity index (χ4n) is 1.61. The van der Waals surface area contributed by atoms with Crippen molar-refractivity contribution in [2.75, 3.05) is 18.1 Å². The highest BCUT2D eigenvalue weighted by atomic mass is 35.5. The maximum atomic E-state index is 13.4. The third-order valence-corrected chi connectivity index (χ3v) is 3.52. The molecule has 2 rings (SSSR count). The molecule has 2 amide bonds. The van der Waals surface area contributed by atoms with Crippen LogP contribution in [0.5, 0.6) is 0 Å². The van der Waals surface area contributed by atoms with Crippen LogP contribution in [0.15, 0.2) is 35.6 Å². The first-order valence-electron chi connectivity index (χ1n) is 6.40. The summed E-state index contributed by atoms with van der Waals surface area (Å²) in [4.78, 5) is 31.7. The van der Waals surface area contributed by atoms with E-state index in [1.165, 1.54) is 36.2 Å². The molecule has 0 bridgehead atoms. The van der Waals surface area contributed by atoms with Crippen molar-refractivity contribution < 1.29 is 14.0 Å². The minimum absolute atomic E-state index is 0.0234. The number of aromatic nitrogens is 2. The quantitative estimate of drug-likeness (QED) is 0.636. The predicted molar refractivity (Wildman–Crippen MR) is 86.2 cm³/mol. The van der Waals surface area contributed by atoms with E-state index in [0.717, 1.165) is 0 Å². The van der Waals surface area contributed by atoms with Gasteiger partial charge >= 0.3 is 0 Å². The number of halogens is 2. The summed E-state index contributed by atoms with van der Waals surface area (Å²) in [6.45, 7) is -0.345. The highest BCUT2D eigenvalue weighted by Crippen LogP contribution is 2.16. The van der Waals surface area contributed by atoms with E-state index >= 15 is 0 Å². The van der Waals surface area contributed by atoms with Gasteiger partial charge in [0.15, 0.2) is 10.9 Å². The van der Waals surface area contributed by atoms with E-state index in [1.54, 1.807) is 12.3 Å². The van der Waals surface area contributed by atoms with Crippen LogP contribution >= 0.6 is 23.4 Å². The number of nitrogens with zero attached hydrogens (tertiary/aromatic N) is 2. The summed E-state index contributed by atoms with van der Waals surface area (Å²) in [6.07, 6.45) is 3.07. The Kier molecular flexibility index (Phi) is 5.89. The molecule has 0 saturated carbocycles. The SMILES string of the molecule is CSc1ncc(Cl)c(C(=O)NCC(=O)Nc2ccccc2F)n1. The minimum atomic E-state index is -0.614. The van der Waals surface area contributed by atoms with Crippen molar-refractivity contribution in [3.05, 3.63) is 47.0 Å². The van der Waals surface area contributed by atoms with Crippen LogP contribution in [0.4, 0.5) is 10.1 Å². The number of hydrogen-bond acceptors (Lipinski definition) is 5. The standard InChI is InChI=1S/C14H12ClFN4O2S/c1-23-14-18-6-8(15)12(20-14)13(22)17-7-11(21)19-10-5-3-2-4-9(10)16/h2-6H,7H2,1H3,(H,17,22)(H,19,21). The summed E-state index contributed by atoms with van der Waals surface area (Å²) in [6, 6.07) is 5.73. The summed E-state index contributed by atoms with van der Waals surface area (Å²) in [7, 11) is 0. The van der Waals surface area contributed by atoms with Crippen molar-refractivity contribution >= 4 is 40.9 Å². The Hall–Kier alpha value is -2.19. The number of nitrogens with one attached hydrogen (secondary N) is 2. The minimum Gasteiger partial charge on any atom is -0.342 e. The van der Waals surface area contributed by atoms with Gasteiger partial charge in [-0.25, -0.2) is 14.4 Å². The van der Waals surface area contributed by atoms with Crippen molar-refractivity contribution in [3.63, 3.8) is 0 Å². The first-order valence-corrected chi connectivity index (χ1v) is 8.00. The number of anilines is 1. The Bertz CT molecular complexity index is 744. The zero-order valence-electron chi connectivity index (χ0n) is 12.0. The molecule has 0 spiro atoms. The number of thioether (sulfide) groups is 1. The second kappa shape index (κ2) is 7.89. The van der Waals surface area contributed by atoms with E-state index in [0.29, 0.717) is 5.16 Å². The van der Waals surface area contributed by atoms with Crippen LogP contribution < -0.4 is 10.6 Å². The lowest BCUT2D eigenvalue weighted by atomic mass is 10.3. The Morgan fingerprint density at radius 2 is 2.09 bits per heavy atom. The van der Waals surface area contributed by atoms with Gasteiger partial charge in [-0.05, 0) is 18.4 Å². The van der Waals surface area contributed by atoms with Crippen LogP contribution in [0.1, 0.15) is 10.5 Å². The number of carbonyl (C=O) groups is 2. The number of hydrogen-bond donors (Lipinski definition) is 2. The molecule has 0 atom stereocenters. The van der Waals surface area contributed by atoms with Gasteiger partial charge in [-0.1, -0.05) is 35.5 Å². The van der Waals surface area contributed by atoms with Gasteiger partial charge in [0, 0.05) is 0 Å². The number of carbonyl (C=O) groups excluding carboxylic acids is 2. The average molecular weight is 355 g/mol. The first-order chi connectivity index (χ1) is 11.0. The molecular formula is C14H12ClFN4O2S. The maximum Gasteiger partial charge on any atom is 0.272 e. The van der Waals surface area contributed by atoms with Crippen LogP contribution in [0.3, 0.4) is 0 Å².